The molecule has 0 N–H and O–H groups in total. The Bertz CT molecular complexity index is 1160. The fourth-order valence-corrected chi connectivity index (χ4v) is 4.59. The van der Waals surface area contributed by atoms with Gasteiger partial charge in [0.1, 0.15) is 27.9 Å². The van der Waals surface area contributed by atoms with Crippen LogP contribution in [0.3, 0.4) is 0 Å². The number of alkyl halides is 2. The summed E-state index contributed by atoms with van der Waals surface area (Å²) in [6, 6.07) is 7.06. The van der Waals surface area contributed by atoms with Crippen LogP contribution in [0.2, 0.25) is 0 Å². The number of benzene rings is 2. The van der Waals surface area contributed by atoms with Crippen LogP contribution in [0.4, 0.5) is 17.6 Å². The van der Waals surface area contributed by atoms with Crippen molar-refractivity contribution in [2.24, 2.45) is 0 Å². The Morgan fingerprint density at radius 2 is 1.57 bits per heavy atom. The SMILES string of the molecule is CS(=O)(=O)c1cc(F)c(-n2nc(C(F)F)cc2-c2cc(Br)cc(Br)c2)cc1F. The van der Waals surface area contributed by atoms with Crippen LogP contribution in [0.1, 0.15) is 12.1 Å². The fourth-order valence-electron chi connectivity index (χ4n) is 2.56. The van der Waals surface area contributed by atoms with E-state index in [9.17, 15) is 26.0 Å². The molecule has 0 bridgehead atoms. The highest BCUT2D eigenvalue weighted by molar-refractivity contribution is 9.11. The Labute approximate surface area is 174 Å². The lowest BCUT2D eigenvalue weighted by Gasteiger charge is -2.11. The van der Waals surface area contributed by atoms with Gasteiger partial charge < -0.3 is 0 Å². The summed E-state index contributed by atoms with van der Waals surface area (Å²) in [6.45, 7) is 0. The van der Waals surface area contributed by atoms with Crippen molar-refractivity contribution in [1.29, 1.82) is 0 Å². The predicted octanol–water partition coefficient (Wildman–Crippen LogP) is 5.68. The van der Waals surface area contributed by atoms with Crippen molar-refractivity contribution in [2.75, 3.05) is 6.26 Å². The van der Waals surface area contributed by atoms with E-state index in [-0.39, 0.29) is 5.69 Å². The Hall–Kier alpha value is -1.72. The van der Waals surface area contributed by atoms with Crippen molar-refractivity contribution in [3.63, 3.8) is 0 Å². The quantitative estimate of drug-likeness (QED) is 0.399. The number of aromatic nitrogens is 2. The average molecular weight is 542 g/mol. The van der Waals surface area contributed by atoms with Crippen molar-refractivity contribution in [3.05, 3.63) is 62.7 Å². The number of nitrogens with zero attached hydrogens (tertiary/aromatic N) is 2. The minimum Gasteiger partial charge on any atom is -0.230 e. The van der Waals surface area contributed by atoms with Crippen LogP contribution in [0.5, 0.6) is 0 Å². The molecule has 11 heteroatoms. The van der Waals surface area contributed by atoms with E-state index in [4.69, 9.17) is 0 Å². The highest BCUT2D eigenvalue weighted by atomic mass is 79.9. The molecule has 148 valence electrons. The molecule has 0 aliphatic carbocycles. The summed E-state index contributed by atoms with van der Waals surface area (Å²) in [7, 11) is -4.01. The zero-order valence-corrected chi connectivity index (χ0v) is 17.9. The molecule has 0 radical (unpaired) electrons. The average Bonchev–Trinajstić information content (AvgIpc) is 3.00. The zero-order valence-electron chi connectivity index (χ0n) is 13.9. The smallest absolute Gasteiger partial charge is 0.230 e. The first-order valence-electron chi connectivity index (χ1n) is 7.51. The van der Waals surface area contributed by atoms with Crippen LogP contribution in [-0.2, 0) is 9.84 Å². The summed E-state index contributed by atoms with van der Waals surface area (Å²) in [4.78, 5) is -0.832. The van der Waals surface area contributed by atoms with Gasteiger partial charge in [0.05, 0.1) is 5.69 Å². The van der Waals surface area contributed by atoms with Crippen molar-refractivity contribution < 1.29 is 26.0 Å². The van der Waals surface area contributed by atoms with Crippen molar-refractivity contribution >= 4 is 41.7 Å². The lowest BCUT2D eigenvalue weighted by Crippen LogP contribution is -2.08. The van der Waals surface area contributed by atoms with Crippen LogP contribution < -0.4 is 0 Å². The van der Waals surface area contributed by atoms with Gasteiger partial charge in [-0.15, -0.1) is 0 Å². The lowest BCUT2D eigenvalue weighted by atomic mass is 10.1. The maximum atomic E-state index is 14.6. The second kappa shape index (κ2) is 7.60. The van der Waals surface area contributed by atoms with E-state index in [1.165, 1.54) is 0 Å². The molecule has 2 aromatic carbocycles. The minimum absolute atomic E-state index is 0.0719. The molecule has 1 aromatic heterocycles. The topological polar surface area (TPSA) is 52.0 Å². The van der Waals surface area contributed by atoms with E-state index in [2.05, 4.69) is 37.0 Å². The van der Waals surface area contributed by atoms with E-state index in [1.807, 2.05) is 0 Å². The molecule has 3 aromatic rings. The molecule has 0 fully saturated rings. The second-order valence-corrected chi connectivity index (χ2v) is 9.65. The third-order valence-corrected chi connectivity index (χ3v) is 5.77. The van der Waals surface area contributed by atoms with Gasteiger partial charge in [0, 0.05) is 26.8 Å². The van der Waals surface area contributed by atoms with Crippen LogP contribution in [0.25, 0.3) is 16.9 Å². The molecule has 0 saturated heterocycles. The summed E-state index contributed by atoms with van der Waals surface area (Å²) >= 11 is 6.55. The predicted molar refractivity (Wildman–Crippen MR) is 102 cm³/mol. The van der Waals surface area contributed by atoms with Crippen LogP contribution in [-0.4, -0.2) is 24.5 Å². The summed E-state index contributed by atoms with van der Waals surface area (Å²) in [5.41, 5.74) is -0.670. The molecule has 3 rings (SSSR count). The third kappa shape index (κ3) is 4.15. The molecule has 0 atom stereocenters. The molecule has 28 heavy (non-hydrogen) atoms. The Morgan fingerprint density at radius 3 is 2.11 bits per heavy atom. The lowest BCUT2D eigenvalue weighted by molar-refractivity contribution is 0.145. The van der Waals surface area contributed by atoms with E-state index in [0.29, 0.717) is 26.6 Å². The zero-order chi connectivity index (χ0) is 20.8. The standard InChI is InChI=1S/C17H10Br2F4N2O2S/c1-28(26,27)16-6-11(20)15(5-12(16)21)25-14(7-13(24-25)17(22)23)8-2-9(18)4-10(19)3-8/h2-7,17H,1H3. The Kier molecular flexibility index (Phi) is 5.70. The maximum absolute atomic E-state index is 14.6. The van der Waals surface area contributed by atoms with Gasteiger partial charge in [0.15, 0.2) is 9.84 Å². The van der Waals surface area contributed by atoms with E-state index in [0.717, 1.165) is 17.0 Å². The molecule has 0 saturated carbocycles. The molecule has 0 amide bonds. The maximum Gasteiger partial charge on any atom is 0.282 e. The molecule has 0 spiro atoms. The first-order valence-corrected chi connectivity index (χ1v) is 11.0. The van der Waals surface area contributed by atoms with E-state index >= 15 is 0 Å². The number of hydrogen-bond acceptors (Lipinski definition) is 3. The normalized spacial score (nSPS) is 12.0. The number of halogens is 6. The van der Waals surface area contributed by atoms with Crippen molar-refractivity contribution in [2.45, 2.75) is 11.3 Å². The van der Waals surface area contributed by atoms with E-state index in [1.54, 1.807) is 18.2 Å². The van der Waals surface area contributed by atoms with Crippen molar-refractivity contribution in [3.8, 4) is 16.9 Å². The molecular formula is C17H10Br2F4N2O2S. The highest BCUT2D eigenvalue weighted by Gasteiger charge is 2.23. The first-order chi connectivity index (χ1) is 13.0. The van der Waals surface area contributed by atoms with Gasteiger partial charge in [-0.2, -0.15) is 5.10 Å². The van der Waals surface area contributed by atoms with Crippen LogP contribution >= 0.6 is 31.9 Å². The van der Waals surface area contributed by atoms with Gasteiger partial charge in [0.2, 0.25) is 0 Å². The van der Waals surface area contributed by atoms with Crippen LogP contribution in [0.15, 0.2) is 50.2 Å². The number of hydrogen-bond donors (Lipinski definition) is 0. The molecule has 4 nitrogen and oxygen atoms in total. The van der Waals surface area contributed by atoms with Gasteiger partial charge in [-0.25, -0.2) is 30.7 Å². The second-order valence-electron chi connectivity index (χ2n) is 5.83. The van der Waals surface area contributed by atoms with Gasteiger partial charge in [-0.05, 0) is 30.3 Å². The highest BCUT2D eigenvalue weighted by Crippen LogP contribution is 2.33. The van der Waals surface area contributed by atoms with Gasteiger partial charge in [-0.1, -0.05) is 31.9 Å². The third-order valence-electron chi connectivity index (χ3n) is 3.74. The molecule has 0 unspecified atom stereocenters. The summed E-state index contributed by atoms with van der Waals surface area (Å²) in [5, 5.41) is 3.69. The summed E-state index contributed by atoms with van der Waals surface area (Å²) in [6.07, 6.45) is -2.21. The molecule has 0 aliphatic heterocycles. The Balaban J connectivity index is 2.29. The number of sulfone groups is 1. The van der Waals surface area contributed by atoms with Crippen LogP contribution in [0, 0.1) is 11.6 Å². The van der Waals surface area contributed by atoms with E-state index < -0.39 is 44.2 Å². The fraction of sp³-hybridized carbons (Fsp3) is 0.118. The van der Waals surface area contributed by atoms with Gasteiger partial charge in [0.25, 0.3) is 6.43 Å². The Morgan fingerprint density at radius 1 is 0.964 bits per heavy atom. The summed E-state index contributed by atoms with van der Waals surface area (Å²) in [5.74, 6) is -2.34. The monoisotopic (exact) mass is 540 g/mol. The molecule has 0 aliphatic rings. The minimum atomic E-state index is -4.01. The summed E-state index contributed by atoms with van der Waals surface area (Å²) < 4.78 is 80.5. The van der Waals surface area contributed by atoms with Crippen molar-refractivity contribution in [1.82, 2.24) is 9.78 Å². The molecule has 1 heterocycles. The number of rotatable bonds is 4. The largest absolute Gasteiger partial charge is 0.282 e. The van der Waals surface area contributed by atoms with Gasteiger partial charge >= 0.3 is 0 Å². The first kappa shape index (κ1) is 21.0. The van der Waals surface area contributed by atoms with Gasteiger partial charge in [-0.3, -0.25) is 0 Å². The molecular weight excluding hydrogens is 532 g/mol.